The predicted molar refractivity (Wildman–Crippen MR) is 90.1 cm³/mol. The molecule has 0 aromatic heterocycles. The van der Waals surface area contributed by atoms with Gasteiger partial charge in [0.25, 0.3) is 0 Å². The molecule has 1 unspecified atom stereocenters. The van der Waals surface area contributed by atoms with Crippen molar-refractivity contribution in [1.82, 2.24) is 4.90 Å². The number of hydrogen-bond donors (Lipinski definition) is 0. The maximum Gasteiger partial charge on any atom is 0.123 e. The molecule has 1 aromatic rings. The number of hydrogen-bond acceptors (Lipinski definition) is 2. The van der Waals surface area contributed by atoms with Crippen molar-refractivity contribution in [2.24, 2.45) is 10.9 Å². The van der Waals surface area contributed by atoms with Crippen LogP contribution in [0, 0.1) is 11.7 Å². The average Bonchev–Trinajstić information content (AvgIpc) is 2.43. The molecular formula is C18H27FN2. The third-order valence-electron chi connectivity index (χ3n) is 3.84. The zero-order chi connectivity index (χ0) is 16.2. The molecule has 0 fully saturated rings. The van der Waals surface area contributed by atoms with Gasteiger partial charge in [0.2, 0.25) is 0 Å². The Morgan fingerprint density at radius 3 is 2.00 bits per heavy atom. The minimum atomic E-state index is -0.205. The molecule has 0 aliphatic rings. The Labute approximate surface area is 128 Å². The highest BCUT2D eigenvalue weighted by atomic mass is 19.1. The van der Waals surface area contributed by atoms with Gasteiger partial charge in [0, 0.05) is 5.71 Å². The number of halogens is 1. The molecule has 21 heavy (non-hydrogen) atoms. The first-order valence-corrected chi connectivity index (χ1v) is 7.42. The molecule has 1 rings (SSSR count). The smallest absolute Gasteiger partial charge is 0.123 e. The van der Waals surface area contributed by atoms with Crippen molar-refractivity contribution in [3.63, 3.8) is 0 Å². The Bertz CT molecular complexity index is 525. The molecule has 116 valence electrons. The molecule has 0 aliphatic heterocycles. The van der Waals surface area contributed by atoms with Crippen molar-refractivity contribution < 1.29 is 4.39 Å². The Morgan fingerprint density at radius 2 is 1.57 bits per heavy atom. The van der Waals surface area contributed by atoms with Gasteiger partial charge in [0.15, 0.2) is 0 Å². The highest BCUT2D eigenvalue weighted by Gasteiger charge is 2.14. The van der Waals surface area contributed by atoms with E-state index < -0.39 is 0 Å². The number of nitrogens with zero attached hydrogens (tertiary/aromatic N) is 2. The lowest BCUT2D eigenvalue weighted by Gasteiger charge is -2.21. The Hall–Kier alpha value is -1.48. The molecule has 0 heterocycles. The second-order valence-corrected chi connectivity index (χ2v) is 6.02. The minimum absolute atomic E-state index is 0.137. The fourth-order valence-corrected chi connectivity index (χ4v) is 2.10. The molecular weight excluding hydrogens is 263 g/mol. The van der Waals surface area contributed by atoms with Crippen LogP contribution in [0.5, 0.6) is 0 Å². The van der Waals surface area contributed by atoms with Crippen molar-refractivity contribution in [3.8, 4) is 0 Å². The molecule has 0 radical (unpaired) electrons. The summed E-state index contributed by atoms with van der Waals surface area (Å²) in [6, 6.07) is 6.64. The van der Waals surface area contributed by atoms with Gasteiger partial charge in [-0.3, -0.25) is 9.89 Å². The summed E-state index contributed by atoms with van der Waals surface area (Å²) in [5, 5.41) is 0. The number of rotatable bonds is 5. The SMILES string of the molecule is CC(/C(=N\C(C)N(C)C)C(C)C)=C(/C)c1ccc(F)cc1. The van der Waals surface area contributed by atoms with E-state index in [4.69, 9.17) is 4.99 Å². The molecule has 1 aromatic carbocycles. The van der Waals surface area contributed by atoms with Crippen LogP contribution in [0.1, 0.15) is 40.2 Å². The van der Waals surface area contributed by atoms with Gasteiger partial charge in [-0.2, -0.15) is 0 Å². The summed E-state index contributed by atoms with van der Waals surface area (Å²) >= 11 is 0. The zero-order valence-corrected chi connectivity index (χ0v) is 14.2. The summed E-state index contributed by atoms with van der Waals surface area (Å²) in [7, 11) is 4.05. The van der Waals surface area contributed by atoms with Crippen molar-refractivity contribution in [2.75, 3.05) is 14.1 Å². The minimum Gasteiger partial charge on any atom is -0.288 e. The molecule has 0 amide bonds. The third kappa shape index (κ3) is 4.78. The number of benzene rings is 1. The lowest BCUT2D eigenvalue weighted by Crippen LogP contribution is -2.25. The van der Waals surface area contributed by atoms with Gasteiger partial charge in [-0.1, -0.05) is 26.0 Å². The lowest BCUT2D eigenvalue weighted by atomic mass is 9.93. The van der Waals surface area contributed by atoms with E-state index in [1.54, 1.807) is 0 Å². The van der Waals surface area contributed by atoms with E-state index in [0.29, 0.717) is 5.92 Å². The monoisotopic (exact) mass is 290 g/mol. The topological polar surface area (TPSA) is 15.6 Å². The summed E-state index contributed by atoms with van der Waals surface area (Å²) in [4.78, 5) is 6.94. The molecule has 0 spiro atoms. The third-order valence-corrected chi connectivity index (χ3v) is 3.84. The summed E-state index contributed by atoms with van der Waals surface area (Å²) in [5.74, 6) is 0.144. The largest absolute Gasteiger partial charge is 0.288 e. The van der Waals surface area contributed by atoms with Gasteiger partial charge in [0.05, 0.1) is 6.17 Å². The maximum absolute atomic E-state index is 13.1. The zero-order valence-electron chi connectivity index (χ0n) is 14.2. The van der Waals surface area contributed by atoms with Gasteiger partial charge in [-0.25, -0.2) is 4.39 Å². The fraction of sp³-hybridized carbons (Fsp3) is 0.500. The highest BCUT2D eigenvalue weighted by Crippen LogP contribution is 2.22. The summed E-state index contributed by atoms with van der Waals surface area (Å²) in [5.41, 5.74) is 4.47. The molecule has 0 aliphatic carbocycles. The van der Waals surface area contributed by atoms with Gasteiger partial charge in [-0.05, 0) is 69.6 Å². The van der Waals surface area contributed by atoms with E-state index in [2.05, 4.69) is 39.5 Å². The molecule has 0 N–H and O–H groups in total. The number of allylic oxidation sites excluding steroid dienone is 2. The van der Waals surface area contributed by atoms with Crippen LogP contribution in [0.15, 0.2) is 34.8 Å². The van der Waals surface area contributed by atoms with E-state index >= 15 is 0 Å². The van der Waals surface area contributed by atoms with Crippen LogP contribution in [0.3, 0.4) is 0 Å². The van der Waals surface area contributed by atoms with E-state index in [1.165, 1.54) is 17.7 Å². The Kier molecular flexibility index (Phi) is 6.28. The first-order chi connectivity index (χ1) is 9.73. The quantitative estimate of drug-likeness (QED) is 0.722. The van der Waals surface area contributed by atoms with Crippen molar-refractivity contribution in [3.05, 3.63) is 41.2 Å². The normalized spacial score (nSPS) is 15.4. The lowest BCUT2D eigenvalue weighted by molar-refractivity contribution is 0.323. The molecule has 0 saturated heterocycles. The predicted octanol–water partition coefficient (Wildman–Crippen LogP) is 4.62. The number of aliphatic imine (C=N–C) groups is 1. The van der Waals surface area contributed by atoms with E-state index in [9.17, 15) is 4.39 Å². The molecule has 1 atom stereocenters. The highest BCUT2D eigenvalue weighted by molar-refractivity contribution is 6.06. The van der Waals surface area contributed by atoms with Crippen LogP contribution >= 0.6 is 0 Å². The Balaban J connectivity index is 3.23. The first kappa shape index (κ1) is 17.6. The van der Waals surface area contributed by atoms with Gasteiger partial charge in [-0.15, -0.1) is 0 Å². The molecule has 3 heteroatoms. The van der Waals surface area contributed by atoms with E-state index in [-0.39, 0.29) is 12.0 Å². The molecule has 0 bridgehead atoms. The van der Waals surface area contributed by atoms with Gasteiger partial charge < -0.3 is 0 Å². The van der Waals surface area contributed by atoms with Gasteiger partial charge in [0.1, 0.15) is 5.82 Å². The maximum atomic E-state index is 13.1. The van der Waals surface area contributed by atoms with Crippen molar-refractivity contribution in [2.45, 2.75) is 40.8 Å². The molecule has 2 nitrogen and oxygen atoms in total. The van der Waals surface area contributed by atoms with E-state index in [1.807, 2.05) is 26.2 Å². The van der Waals surface area contributed by atoms with E-state index in [0.717, 1.165) is 16.8 Å². The van der Waals surface area contributed by atoms with Crippen LogP contribution in [-0.2, 0) is 0 Å². The van der Waals surface area contributed by atoms with Crippen LogP contribution < -0.4 is 0 Å². The van der Waals surface area contributed by atoms with Crippen molar-refractivity contribution >= 4 is 11.3 Å². The average molecular weight is 290 g/mol. The summed E-state index contributed by atoms with van der Waals surface area (Å²) in [6.45, 7) is 10.6. The summed E-state index contributed by atoms with van der Waals surface area (Å²) < 4.78 is 13.1. The van der Waals surface area contributed by atoms with Crippen LogP contribution in [-0.4, -0.2) is 30.9 Å². The summed E-state index contributed by atoms with van der Waals surface area (Å²) in [6.07, 6.45) is 0.137. The first-order valence-electron chi connectivity index (χ1n) is 7.42. The second-order valence-electron chi connectivity index (χ2n) is 6.02. The van der Waals surface area contributed by atoms with Crippen LogP contribution in [0.25, 0.3) is 5.57 Å². The standard InChI is InChI=1S/C18H27FN2/c1-12(2)18(20-15(5)21(6)7)14(4)13(3)16-8-10-17(19)11-9-16/h8-12,15H,1-7H3/b14-13+,20-18-. The second kappa shape index (κ2) is 7.51. The van der Waals surface area contributed by atoms with Crippen LogP contribution in [0.2, 0.25) is 0 Å². The van der Waals surface area contributed by atoms with Crippen molar-refractivity contribution in [1.29, 1.82) is 0 Å². The van der Waals surface area contributed by atoms with Crippen LogP contribution in [0.4, 0.5) is 4.39 Å². The fourth-order valence-electron chi connectivity index (χ4n) is 2.10. The van der Waals surface area contributed by atoms with Gasteiger partial charge >= 0.3 is 0 Å². The molecule has 0 saturated carbocycles. The Morgan fingerprint density at radius 1 is 1.05 bits per heavy atom.